The van der Waals surface area contributed by atoms with E-state index in [1.54, 1.807) is 0 Å². The second kappa shape index (κ2) is 5.71. The smallest absolute Gasteiger partial charge is 0.163 e. The zero-order chi connectivity index (χ0) is 16.9. The number of rotatable bonds is 2. The second-order valence-corrected chi connectivity index (χ2v) is 7.77. The fourth-order valence-electron chi connectivity index (χ4n) is 4.16. The van der Waals surface area contributed by atoms with E-state index in [4.69, 9.17) is 4.74 Å². The summed E-state index contributed by atoms with van der Waals surface area (Å²) in [5, 5.41) is 0. The van der Waals surface area contributed by atoms with Crippen LogP contribution >= 0.6 is 0 Å². The first kappa shape index (κ1) is 15.9. The van der Waals surface area contributed by atoms with E-state index in [2.05, 4.69) is 48.9 Å². The number of hydrogen-bond donors (Lipinski definition) is 0. The molecule has 1 aromatic rings. The molecule has 1 saturated heterocycles. The number of piperazine rings is 1. The number of carbonyl (C=O) groups excluding carboxylic acids is 1. The molecular formula is C20H26N2O2. The van der Waals surface area contributed by atoms with E-state index in [9.17, 15) is 4.79 Å². The Morgan fingerprint density at radius 1 is 1.25 bits per heavy atom. The van der Waals surface area contributed by atoms with Crippen LogP contribution in [0.15, 0.2) is 29.8 Å². The number of likely N-dealkylation sites (N-methyl/N-ethyl adjacent to an activating group) is 1. The molecule has 2 unspecified atom stereocenters. The average molecular weight is 326 g/mol. The van der Waals surface area contributed by atoms with E-state index < -0.39 is 0 Å². The molecule has 0 bridgehead atoms. The number of ether oxygens (including phenoxy) is 1. The molecule has 2 atom stereocenters. The molecule has 2 aliphatic heterocycles. The van der Waals surface area contributed by atoms with Crippen molar-refractivity contribution in [1.29, 1.82) is 0 Å². The van der Waals surface area contributed by atoms with Gasteiger partial charge >= 0.3 is 0 Å². The highest BCUT2D eigenvalue weighted by Gasteiger charge is 2.48. The third-order valence-corrected chi connectivity index (χ3v) is 5.85. The Morgan fingerprint density at radius 2 is 2.00 bits per heavy atom. The number of carbonyl (C=O) groups is 1. The van der Waals surface area contributed by atoms with E-state index in [-0.39, 0.29) is 17.3 Å². The van der Waals surface area contributed by atoms with Gasteiger partial charge in [0.25, 0.3) is 0 Å². The molecule has 1 fully saturated rings. The normalized spacial score (nSPS) is 30.5. The summed E-state index contributed by atoms with van der Waals surface area (Å²) in [4.78, 5) is 17.4. The van der Waals surface area contributed by atoms with Gasteiger partial charge in [-0.2, -0.15) is 0 Å². The zero-order valence-electron chi connectivity index (χ0n) is 14.8. The molecule has 3 aliphatic rings. The minimum absolute atomic E-state index is 0.0574. The highest BCUT2D eigenvalue weighted by molar-refractivity contribution is 5.98. The van der Waals surface area contributed by atoms with Gasteiger partial charge in [-0.1, -0.05) is 23.8 Å². The van der Waals surface area contributed by atoms with Gasteiger partial charge in [0.15, 0.2) is 5.78 Å². The Balaban J connectivity index is 1.63. The Labute approximate surface area is 144 Å². The topological polar surface area (TPSA) is 32.8 Å². The molecule has 4 rings (SSSR count). The van der Waals surface area contributed by atoms with Crippen molar-refractivity contribution >= 4 is 5.78 Å². The molecule has 0 aromatic heterocycles. The van der Waals surface area contributed by atoms with Crippen LogP contribution in [0.2, 0.25) is 0 Å². The van der Waals surface area contributed by atoms with Crippen molar-refractivity contribution in [2.75, 3.05) is 39.8 Å². The minimum Gasteiger partial charge on any atom is -0.488 e. The predicted octanol–water partition coefficient (Wildman–Crippen LogP) is 2.16. The maximum Gasteiger partial charge on any atom is 0.163 e. The summed E-state index contributed by atoms with van der Waals surface area (Å²) >= 11 is 0. The largest absolute Gasteiger partial charge is 0.488 e. The first-order valence-electron chi connectivity index (χ1n) is 8.89. The van der Waals surface area contributed by atoms with Crippen molar-refractivity contribution in [3.63, 3.8) is 0 Å². The number of ketones is 1. The summed E-state index contributed by atoms with van der Waals surface area (Å²) in [5.41, 5.74) is 3.26. The molecule has 24 heavy (non-hydrogen) atoms. The Kier molecular flexibility index (Phi) is 3.77. The van der Waals surface area contributed by atoms with Gasteiger partial charge in [-0.15, -0.1) is 0 Å². The third-order valence-electron chi connectivity index (χ3n) is 5.85. The van der Waals surface area contributed by atoms with E-state index in [1.807, 2.05) is 6.07 Å². The molecule has 2 heterocycles. The van der Waals surface area contributed by atoms with Crippen LogP contribution < -0.4 is 4.74 Å². The van der Waals surface area contributed by atoms with Gasteiger partial charge in [0.2, 0.25) is 0 Å². The molecule has 0 saturated carbocycles. The number of nitrogens with zero attached hydrogens (tertiary/aromatic N) is 2. The second-order valence-electron chi connectivity index (χ2n) is 7.77. The van der Waals surface area contributed by atoms with Crippen LogP contribution in [0, 0.1) is 6.92 Å². The van der Waals surface area contributed by atoms with Crippen LogP contribution in [-0.4, -0.2) is 61.5 Å². The van der Waals surface area contributed by atoms with Gasteiger partial charge in [0.1, 0.15) is 11.9 Å². The van der Waals surface area contributed by atoms with Gasteiger partial charge < -0.3 is 9.64 Å². The number of fused-ring (bicyclic) bond motifs is 3. The lowest BCUT2D eigenvalue weighted by Gasteiger charge is -2.36. The van der Waals surface area contributed by atoms with Crippen molar-refractivity contribution in [3.05, 3.63) is 41.0 Å². The number of Topliss-reactive ketones (excluding diaryl/α,β-unsaturated/α-hetero) is 1. The van der Waals surface area contributed by atoms with Crippen LogP contribution in [0.1, 0.15) is 24.5 Å². The molecule has 1 aliphatic carbocycles. The summed E-state index contributed by atoms with van der Waals surface area (Å²) in [5.74, 6) is 1.19. The molecule has 4 nitrogen and oxygen atoms in total. The highest BCUT2D eigenvalue weighted by Crippen LogP contribution is 2.48. The zero-order valence-corrected chi connectivity index (χ0v) is 14.8. The van der Waals surface area contributed by atoms with E-state index in [0.29, 0.717) is 6.42 Å². The molecule has 0 spiro atoms. The standard InChI is InChI=1S/C20H26N2O2/c1-14-4-5-18-16(10-14)20(2)12-15(17(23)11-19(20)24-18)13-22-8-6-21(3)7-9-22/h4-5,10,12,19H,6-9,11,13H2,1-3H3. The van der Waals surface area contributed by atoms with Crippen molar-refractivity contribution in [3.8, 4) is 5.75 Å². The maximum atomic E-state index is 12.6. The minimum atomic E-state index is -0.183. The summed E-state index contributed by atoms with van der Waals surface area (Å²) < 4.78 is 6.11. The first-order valence-corrected chi connectivity index (χ1v) is 8.89. The van der Waals surface area contributed by atoms with Gasteiger partial charge in [-0.05, 0) is 27.0 Å². The summed E-state index contributed by atoms with van der Waals surface area (Å²) in [6.45, 7) is 9.33. The molecule has 0 amide bonds. The molecular weight excluding hydrogens is 300 g/mol. The van der Waals surface area contributed by atoms with Gasteiger partial charge in [-0.25, -0.2) is 0 Å². The monoisotopic (exact) mass is 326 g/mol. The Bertz CT molecular complexity index is 704. The van der Waals surface area contributed by atoms with Crippen molar-refractivity contribution in [2.45, 2.75) is 31.8 Å². The quantitative estimate of drug-likeness (QED) is 0.834. The predicted molar refractivity (Wildman–Crippen MR) is 94.6 cm³/mol. The van der Waals surface area contributed by atoms with Gasteiger partial charge in [0, 0.05) is 50.3 Å². The molecule has 128 valence electrons. The fraction of sp³-hybridized carbons (Fsp3) is 0.550. The average Bonchev–Trinajstić information content (AvgIpc) is 2.82. The van der Waals surface area contributed by atoms with Crippen LogP contribution in [0.4, 0.5) is 0 Å². The highest BCUT2D eigenvalue weighted by atomic mass is 16.5. The van der Waals surface area contributed by atoms with Crippen molar-refractivity contribution in [2.24, 2.45) is 0 Å². The number of aryl methyl sites for hydroxylation is 1. The Morgan fingerprint density at radius 3 is 2.75 bits per heavy atom. The van der Waals surface area contributed by atoms with Crippen molar-refractivity contribution in [1.82, 2.24) is 9.80 Å². The summed E-state index contributed by atoms with van der Waals surface area (Å²) in [6.07, 6.45) is 2.63. The van der Waals surface area contributed by atoms with Crippen molar-refractivity contribution < 1.29 is 9.53 Å². The SMILES string of the molecule is Cc1ccc2c(c1)C1(C)C=C(CN3CCN(C)CC3)C(=O)CC1O2. The van der Waals surface area contributed by atoms with Gasteiger partial charge in [0.05, 0.1) is 5.41 Å². The Hall–Kier alpha value is -1.65. The number of hydrogen-bond acceptors (Lipinski definition) is 4. The number of benzene rings is 1. The first-order chi connectivity index (χ1) is 11.5. The molecule has 0 radical (unpaired) electrons. The van der Waals surface area contributed by atoms with E-state index >= 15 is 0 Å². The van der Waals surface area contributed by atoms with E-state index in [0.717, 1.165) is 44.0 Å². The van der Waals surface area contributed by atoms with Crippen LogP contribution in [-0.2, 0) is 10.2 Å². The summed E-state index contributed by atoms with van der Waals surface area (Å²) in [6, 6.07) is 6.35. The van der Waals surface area contributed by atoms with Crippen LogP contribution in [0.5, 0.6) is 5.75 Å². The maximum absolute atomic E-state index is 12.6. The van der Waals surface area contributed by atoms with E-state index in [1.165, 1.54) is 11.1 Å². The lowest BCUT2D eigenvalue weighted by atomic mass is 9.71. The van der Waals surface area contributed by atoms with Gasteiger partial charge in [-0.3, -0.25) is 9.69 Å². The molecule has 1 aromatic carbocycles. The third kappa shape index (κ3) is 2.58. The molecule has 4 heteroatoms. The van der Waals surface area contributed by atoms with Crippen LogP contribution in [0.3, 0.4) is 0 Å². The molecule has 0 N–H and O–H groups in total. The van der Waals surface area contributed by atoms with Crippen LogP contribution in [0.25, 0.3) is 0 Å². The summed E-state index contributed by atoms with van der Waals surface area (Å²) in [7, 11) is 2.16. The fourth-order valence-corrected chi connectivity index (χ4v) is 4.16. The lowest BCUT2D eigenvalue weighted by Crippen LogP contribution is -2.47. The lowest BCUT2D eigenvalue weighted by molar-refractivity contribution is -0.118.